The summed E-state index contributed by atoms with van der Waals surface area (Å²) in [5.41, 5.74) is 0.0389. The smallest absolute Gasteiger partial charge is 0.307 e. The standard InChI is InChI=1S/C14H14F2O3/c15-11-6-5-8(7-12(11)16)13(17)9-3-1-2-4-10(9)14(18)19/h5-7,9-10H,1-4H2,(H,18,19)/t9-,10+/m0/s1. The van der Waals surface area contributed by atoms with Crippen LogP contribution >= 0.6 is 0 Å². The molecule has 19 heavy (non-hydrogen) atoms. The number of halogens is 2. The lowest BCUT2D eigenvalue weighted by molar-refractivity contribution is -0.144. The Morgan fingerprint density at radius 3 is 2.26 bits per heavy atom. The van der Waals surface area contributed by atoms with Crippen molar-refractivity contribution in [2.24, 2.45) is 11.8 Å². The van der Waals surface area contributed by atoms with Crippen LogP contribution in [0.15, 0.2) is 18.2 Å². The van der Waals surface area contributed by atoms with Crippen LogP contribution in [0.5, 0.6) is 0 Å². The summed E-state index contributed by atoms with van der Waals surface area (Å²) in [7, 11) is 0. The highest BCUT2D eigenvalue weighted by molar-refractivity contribution is 6.00. The zero-order chi connectivity index (χ0) is 14.0. The minimum Gasteiger partial charge on any atom is -0.481 e. The first kappa shape index (κ1) is 13.6. The van der Waals surface area contributed by atoms with Crippen molar-refractivity contribution in [3.8, 4) is 0 Å². The highest BCUT2D eigenvalue weighted by atomic mass is 19.2. The van der Waals surface area contributed by atoms with Gasteiger partial charge in [0, 0.05) is 11.5 Å². The van der Waals surface area contributed by atoms with Crippen molar-refractivity contribution < 1.29 is 23.5 Å². The first-order valence-corrected chi connectivity index (χ1v) is 6.23. The zero-order valence-electron chi connectivity index (χ0n) is 10.2. The molecule has 1 saturated carbocycles. The molecule has 3 nitrogen and oxygen atoms in total. The lowest BCUT2D eigenvalue weighted by Crippen LogP contribution is -2.32. The SMILES string of the molecule is O=C(c1ccc(F)c(F)c1)[C@H]1CCCC[C@H]1C(=O)O. The average molecular weight is 268 g/mol. The van der Waals surface area contributed by atoms with Crippen LogP contribution in [0.3, 0.4) is 0 Å². The maximum absolute atomic E-state index is 13.1. The van der Waals surface area contributed by atoms with Crippen molar-refractivity contribution in [2.45, 2.75) is 25.7 Å². The van der Waals surface area contributed by atoms with E-state index in [9.17, 15) is 18.4 Å². The highest BCUT2D eigenvalue weighted by Gasteiger charge is 2.36. The van der Waals surface area contributed by atoms with Crippen molar-refractivity contribution in [2.75, 3.05) is 0 Å². The molecule has 0 spiro atoms. The van der Waals surface area contributed by atoms with Gasteiger partial charge in [-0.1, -0.05) is 12.8 Å². The van der Waals surface area contributed by atoms with Gasteiger partial charge in [-0.3, -0.25) is 9.59 Å². The Bertz CT molecular complexity index is 513. The summed E-state index contributed by atoms with van der Waals surface area (Å²) in [4.78, 5) is 23.4. The quantitative estimate of drug-likeness (QED) is 0.857. The van der Waals surface area contributed by atoms with Gasteiger partial charge in [0.25, 0.3) is 0 Å². The second-order valence-electron chi connectivity index (χ2n) is 4.83. The zero-order valence-corrected chi connectivity index (χ0v) is 10.2. The van der Waals surface area contributed by atoms with Gasteiger partial charge in [-0.2, -0.15) is 0 Å². The number of hydrogen-bond acceptors (Lipinski definition) is 2. The maximum Gasteiger partial charge on any atom is 0.307 e. The molecule has 0 heterocycles. The molecule has 2 atom stereocenters. The Morgan fingerprint density at radius 2 is 1.68 bits per heavy atom. The van der Waals surface area contributed by atoms with Crippen LogP contribution in [0.25, 0.3) is 0 Å². The van der Waals surface area contributed by atoms with E-state index in [4.69, 9.17) is 5.11 Å². The van der Waals surface area contributed by atoms with Crippen molar-refractivity contribution in [1.82, 2.24) is 0 Å². The predicted octanol–water partition coefficient (Wildman–Crippen LogP) is 3.04. The molecule has 0 unspecified atom stereocenters. The molecule has 1 aromatic carbocycles. The topological polar surface area (TPSA) is 54.4 Å². The van der Waals surface area contributed by atoms with Crippen LogP contribution in [0.1, 0.15) is 36.0 Å². The number of carboxylic acids is 1. The summed E-state index contributed by atoms with van der Waals surface area (Å²) in [5.74, 6) is -4.89. The Balaban J connectivity index is 2.26. The molecule has 1 aliphatic carbocycles. The van der Waals surface area contributed by atoms with E-state index in [-0.39, 0.29) is 5.56 Å². The predicted molar refractivity (Wildman–Crippen MR) is 63.8 cm³/mol. The summed E-state index contributed by atoms with van der Waals surface area (Å²) >= 11 is 0. The Morgan fingerprint density at radius 1 is 1.05 bits per heavy atom. The number of carboxylic acid groups (broad SMARTS) is 1. The highest BCUT2D eigenvalue weighted by Crippen LogP contribution is 2.33. The second-order valence-corrected chi connectivity index (χ2v) is 4.83. The van der Waals surface area contributed by atoms with Crippen LogP contribution in [-0.2, 0) is 4.79 Å². The van der Waals surface area contributed by atoms with Gasteiger partial charge in [0.05, 0.1) is 5.92 Å². The Labute approximate surface area is 109 Å². The molecule has 1 aromatic rings. The van der Waals surface area contributed by atoms with E-state index in [0.29, 0.717) is 12.8 Å². The van der Waals surface area contributed by atoms with E-state index in [0.717, 1.165) is 25.0 Å². The molecule has 0 aliphatic heterocycles. The number of carbonyl (C=O) groups is 2. The van der Waals surface area contributed by atoms with Crippen LogP contribution in [0.4, 0.5) is 8.78 Å². The van der Waals surface area contributed by atoms with Crippen molar-refractivity contribution in [3.63, 3.8) is 0 Å². The number of carbonyl (C=O) groups excluding carboxylic acids is 1. The number of rotatable bonds is 3. The first-order valence-electron chi connectivity index (χ1n) is 6.23. The number of ketones is 1. The lowest BCUT2D eigenvalue weighted by Gasteiger charge is -2.27. The summed E-state index contributed by atoms with van der Waals surface area (Å²) in [5, 5.41) is 9.12. The molecule has 0 saturated heterocycles. The van der Waals surface area contributed by atoms with Crippen LogP contribution in [-0.4, -0.2) is 16.9 Å². The third-order valence-corrected chi connectivity index (χ3v) is 3.62. The number of hydrogen-bond donors (Lipinski definition) is 1. The summed E-state index contributed by atoms with van der Waals surface area (Å²) in [6.45, 7) is 0. The minimum absolute atomic E-state index is 0.0389. The van der Waals surface area contributed by atoms with Gasteiger partial charge < -0.3 is 5.11 Å². The summed E-state index contributed by atoms with van der Waals surface area (Å²) in [6, 6.07) is 2.93. The van der Waals surface area contributed by atoms with Gasteiger partial charge in [0.15, 0.2) is 17.4 Å². The molecular formula is C14H14F2O3. The van der Waals surface area contributed by atoms with E-state index >= 15 is 0 Å². The third-order valence-electron chi connectivity index (χ3n) is 3.62. The lowest BCUT2D eigenvalue weighted by atomic mass is 9.75. The van der Waals surface area contributed by atoms with Crippen molar-refractivity contribution in [3.05, 3.63) is 35.4 Å². The minimum atomic E-state index is -1.09. The molecule has 0 bridgehead atoms. The van der Waals surface area contributed by atoms with Gasteiger partial charge in [-0.25, -0.2) is 8.78 Å². The fourth-order valence-electron chi connectivity index (χ4n) is 2.60. The molecule has 102 valence electrons. The van der Waals surface area contributed by atoms with Gasteiger partial charge in [-0.05, 0) is 31.0 Å². The fraction of sp³-hybridized carbons (Fsp3) is 0.429. The van der Waals surface area contributed by atoms with Gasteiger partial charge in [0.1, 0.15) is 0 Å². The molecule has 1 N–H and O–H groups in total. The molecule has 5 heteroatoms. The van der Waals surface area contributed by atoms with E-state index in [1.54, 1.807) is 0 Å². The average Bonchev–Trinajstić information content (AvgIpc) is 2.41. The molecule has 1 aliphatic rings. The molecule has 0 aromatic heterocycles. The monoisotopic (exact) mass is 268 g/mol. The third kappa shape index (κ3) is 2.80. The number of benzene rings is 1. The van der Waals surface area contributed by atoms with Crippen molar-refractivity contribution >= 4 is 11.8 Å². The molecule has 1 fully saturated rings. The van der Waals surface area contributed by atoms with Crippen LogP contribution < -0.4 is 0 Å². The van der Waals surface area contributed by atoms with Gasteiger partial charge >= 0.3 is 5.97 Å². The number of Topliss-reactive ketones (excluding diaryl/α,β-unsaturated/α-hetero) is 1. The van der Waals surface area contributed by atoms with E-state index < -0.39 is 35.2 Å². The van der Waals surface area contributed by atoms with Gasteiger partial charge in [0.2, 0.25) is 0 Å². The molecule has 2 rings (SSSR count). The maximum atomic E-state index is 13.1. The van der Waals surface area contributed by atoms with E-state index in [2.05, 4.69) is 0 Å². The Hall–Kier alpha value is -1.78. The largest absolute Gasteiger partial charge is 0.481 e. The van der Waals surface area contributed by atoms with E-state index in [1.807, 2.05) is 0 Å². The van der Waals surface area contributed by atoms with Crippen LogP contribution in [0, 0.1) is 23.5 Å². The summed E-state index contributed by atoms with van der Waals surface area (Å²) < 4.78 is 25.9. The van der Waals surface area contributed by atoms with Crippen LogP contribution in [0.2, 0.25) is 0 Å². The fourth-order valence-corrected chi connectivity index (χ4v) is 2.60. The molecule has 0 amide bonds. The first-order chi connectivity index (χ1) is 9.00. The molecule has 0 radical (unpaired) electrons. The number of aliphatic carboxylic acids is 1. The second kappa shape index (κ2) is 5.47. The van der Waals surface area contributed by atoms with Crippen molar-refractivity contribution in [1.29, 1.82) is 0 Å². The van der Waals surface area contributed by atoms with Gasteiger partial charge in [-0.15, -0.1) is 0 Å². The molecular weight excluding hydrogens is 254 g/mol. The summed E-state index contributed by atoms with van der Waals surface area (Å²) in [6.07, 6.45) is 2.49. The van der Waals surface area contributed by atoms with E-state index in [1.165, 1.54) is 6.07 Å². The Kier molecular flexibility index (Phi) is 3.93. The normalized spacial score (nSPS) is 23.1.